The average Bonchev–Trinajstić information content (AvgIpc) is 3.27. The summed E-state index contributed by atoms with van der Waals surface area (Å²) in [5, 5.41) is 25.0. The molecule has 0 bridgehead atoms. The second-order valence-corrected chi connectivity index (χ2v) is 9.97. The third kappa shape index (κ3) is 5.61. The van der Waals surface area contributed by atoms with E-state index in [1.54, 1.807) is 48.5 Å². The fraction of sp³-hybridized carbons (Fsp3) is 0.100. The van der Waals surface area contributed by atoms with Crippen LogP contribution in [0.25, 0.3) is 11.8 Å². The first-order chi connectivity index (χ1) is 21.0. The highest BCUT2D eigenvalue weighted by molar-refractivity contribution is 7.80. The molecule has 2 amide bonds. The summed E-state index contributed by atoms with van der Waals surface area (Å²) in [5.41, 5.74) is 2.31. The van der Waals surface area contributed by atoms with Crippen LogP contribution in [0.3, 0.4) is 0 Å². The van der Waals surface area contributed by atoms with Crippen molar-refractivity contribution in [1.29, 1.82) is 0 Å². The zero-order chi connectivity index (χ0) is 31.7. The van der Waals surface area contributed by atoms with Crippen LogP contribution in [0.15, 0.2) is 78.4 Å². The Morgan fingerprint density at radius 2 is 1.50 bits per heavy atom. The van der Waals surface area contributed by atoms with Crippen LogP contribution in [0, 0.1) is 34.1 Å². The molecule has 1 N–H and O–H groups in total. The van der Waals surface area contributed by atoms with Gasteiger partial charge in [0, 0.05) is 23.1 Å². The summed E-state index contributed by atoms with van der Waals surface area (Å²) in [6.07, 6.45) is 1.51. The topological polar surface area (TPSA) is 159 Å². The van der Waals surface area contributed by atoms with E-state index in [4.69, 9.17) is 21.7 Å². The van der Waals surface area contributed by atoms with Crippen LogP contribution in [0.4, 0.5) is 17.1 Å². The zero-order valence-corrected chi connectivity index (χ0v) is 24.3. The van der Waals surface area contributed by atoms with Crippen molar-refractivity contribution in [2.24, 2.45) is 0 Å². The highest BCUT2D eigenvalue weighted by atomic mass is 32.1. The Hall–Kier alpha value is -5.89. The lowest BCUT2D eigenvalue weighted by atomic mass is 10.1. The number of nitro benzene ring substituents is 2. The molecule has 0 unspecified atom stereocenters. The fourth-order valence-electron chi connectivity index (χ4n) is 4.75. The van der Waals surface area contributed by atoms with Gasteiger partial charge in [0.05, 0.1) is 28.7 Å². The highest BCUT2D eigenvalue weighted by Gasteiger charge is 2.35. The van der Waals surface area contributed by atoms with Gasteiger partial charge in [-0.2, -0.15) is 0 Å². The van der Waals surface area contributed by atoms with E-state index in [1.807, 2.05) is 24.5 Å². The molecule has 1 fully saturated rings. The number of nitrogens with zero attached hydrogens (tertiary/aromatic N) is 4. The van der Waals surface area contributed by atoms with Crippen LogP contribution in [0.5, 0.6) is 17.2 Å². The number of aryl methyl sites for hydroxylation is 1. The van der Waals surface area contributed by atoms with Crippen LogP contribution in [0.2, 0.25) is 0 Å². The Kier molecular flexibility index (Phi) is 7.92. The first-order valence-corrected chi connectivity index (χ1v) is 13.3. The first kappa shape index (κ1) is 29.6. The Morgan fingerprint density at radius 3 is 2.11 bits per heavy atom. The third-order valence-electron chi connectivity index (χ3n) is 6.88. The minimum atomic E-state index is -0.750. The molecule has 13 nitrogen and oxygen atoms in total. The molecule has 0 radical (unpaired) electrons. The third-order valence-corrected chi connectivity index (χ3v) is 7.16. The molecule has 4 aromatic rings. The van der Waals surface area contributed by atoms with Crippen molar-refractivity contribution in [2.75, 3.05) is 12.0 Å². The summed E-state index contributed by atoms with van der Waals surface area (Å²) in [4.78, 5) is 48.5. The minimum Gasteiger partial charge on any atom is -0.497 e. The van der Waals surface area contributed by atoms with Crippen LogP contribution in [-0.2, 0) is 9.59 Å². The molecule has 1 aromatic heterocycles. The molecular weight excluding hydrogens is 590 g/mol. The number of ether oxygens (including phenoxy) is 2. The molecular formula is C30H23N5O8S. The minimum absolute atomic E-state index is 0.0332. The molecule has 2 heterocycles. The van der Waals surface area contributed by atoms with Gasteiger partial charge in [-0.05, 0) is 98.4 Å². The van der Waals surface area contributed by atoms with Gasteiger partial charge in [-0.3, -0.25) is 40.0 Å². The van der Waals surface area contributed by atoms with E-state index in [0.717, 1.165) is 29.2 Å². The molecule has 0 saturated carbocycles. The van der Waals surface area contributed by atoms with E-state index in [9.17, 15) is 29.8 Å². The highest BCUT2D eigenvalue weighted by Crippen LogP contribution is 2.35. The summed E-state index contributed by atoms with van der Waals surface area (Å²) >= 11 is 5.28. The van der Waals surface area contributed by atoms with Crippen molar-refractivity contribution in [2.45, 2.75) is 13.8 Å². The summed E-state index contributed by atoms with van der Waals surface area (Å²) in [6.45, 7) is 3.70. The predicted octanol–water partition coefficient (Wildman–Crippen LogP) is 5.54. The van der Waals surface area contributed by atoms with Gasteiger partial charge >= 0.3 is 5.69 Å². The maximum atomic E-state index is 13.5. The number of benzene rings is 3. The molecule has 1 aliphatic heterocycles. The molecule has 14 heteroatoms. The van der Waals surface area contributed by atoms with Gasteiger partial charge in [-0.15, -0.1) is 0 Å². The van der Waals surface area contributed by atoms with Crippen LogP contribution < -0.4 is 19.7 Å². The number of hydrogen-bond donors (Lipinski definition) is 1. The maximum Gasteiger partial charge on any atom is 0.318 e. The average molecular weight is 614 g/mol. The van der Waals surface area contributed by atoms with E-state index >= 15 is 0 Å². The van der Waals surface area contributed by atoms with Crippen molar-refractivity contribution >= 4 is 52.3 Å². The summed E-state index contributed by atoms with van der Waals surface area (Å²) in [7, 11) is 1.53. The molecule has 1 saturated heterocycles. The molecule has 0 atom stereocenters. The van der Waals surface area contributed by atoms with Crippen LogP contribution in [-0.4, -0.2) is 38.5 Å². The standard InChI is InChI=1S/C30H23N5O8S/c1-17-14-19(15-25-28(36)31-30(44)33(29(25)37)21-4-9-23(42-3)10-5-21)18(2)32(17)20-6-11-24(12-7-20)43-27-13-8-22(34(38)39)16-26(27)35(40)41/h4-16H,1-3H3,(H,31,36,44)/b25-15+. The normalized spacial score (nSPS) is 14.0. The smallest absolute Gasteiger partial charge is 0.318 e. The number of amides is 2. The number of anilines is 1. The van der Waals surface area contributed by atoms with Gasteiger partial charge in [0.2, 0.25) is 5.75 Å². The van der Waals surface area contributed by atoms with E-state index in [0.29, 0.717) is 17.0 Å². The molecule has 5 rings (SSSR count). The second-order valence-electron chi connectivity index (χ2n) is 9.58. The van der Waals surface area contributed by atoms with Gasteiger partial charge in [-0.25, -0.2) is 0 Å². The molecule has 1 aliphatic rings. The van der Waals surface area contributed by atoms with Crippen molar-refractivity contribution in [3.8, 4) is 22.9 Å². The number of thiocarbonyl (C=S) groups is 1. The lowest BCUT2D eigenvalue weighted by molar-refractivity contribution is -0.394. The number of carbonyl (C=O) groups is 2. The van der Waals surface area contributed by atoms with E-state index in [2.05, 4.69) is 5.32 Å². The lowest BCUT2D eigenvalue weighted by Gasteiger charge is -2.29. The Labute approximate surface area is 255 Å². The van der Waals surface area contributed by atoms with Gasteiger partial charge < -0.3 is 14.0 Å². The number of nitro groups is 2. The van der Waals surface area contributed by atoms with Gasteiger partial charge in [0.25, 0.3) is 17.5 Å². The van der Waals surface area contributed by atoms with Crippen LogP contribution >= 0.6 is 12.2 Å². The summed E-state index contributed by atoms with van der Waals surface area (Å²) < 4.78 is 12.7. The van der Waals surface area contributed by atoms with Gasteiger partial charge in [0.1, 0.15) is 17.1 Å². The SMILES string of the molecule is COc1ccc(N2C(=O)/C(=C/c3cc(C)n(-c4ccc(Oc5ccc([N+](=O)[O-])cc5[N+](=O)[O-])cc4)c3C)C(=O)NC2=S)cc1. The van der Waals surface area contributed by atoms with Gasteiger partial charge in [-0.1, -0.05) is 0 Å². The van der Waals surface area contributed by atoms with E-state index in [-0.39, 0.29) is 22.2 Å². The van der Waals surface area contributed by atoms with Crippen molar-refractivity contribution < 1.29 is 28.9 Å². The quantitative estimate of drug-likeness (QED) is 0.0885. The van der Waals surface area contributed by atoms with Crippen molar-refractivity contribution in [3.05, 3.63) is 116 Å². The van der Waals surface area contributed by atoms with Crippen molar-refractivity contribution in [3.63, 3.8) is 0 Å². The molecule has 0 aliphatic carbocycles. The van der Waals surface area contributed by atoms with Crippen molar-refractivity contribution in [1.82, 2.24) is 9.88 Å². The van der Waals surface area contributed by atoms with E-state index in [1.165, 1.54) is 24.2 Å². The maximum absolute atomic E-state index is 13.5. The predicted molar refractivity (Wildman–Crippen MR) is 164 cm³/mol. The van der Waals surface area contributed by atoms with E-state index < -0.39 is 33.0 Å². The fourth-order valence-corrected chi connectivity index (χ4v) is 5.03. The number of carbonyl (C=O) groups excluding carboxylic acids is 2. The Morgan fingerprint density at radius 1 is 0.864 bits per heavy atom. The zero-order valence-electron chi connectivity index (χ0n) is 23.5. The number of nitrogens with one attached hydrogen (secondary N) is 1. The number of aromatic nitrogens is 1. The molecule has 3 aromatic carbocycles. The number of rotatable bonds is 8. The molecule has 44 heavy (non-hydrogen) atoms. The largest absolute Gasteiger partial charge is 0.497 e. The summed E-state index contributed by atoms with van der Waals surface area (Å²) in [6, 6.07) is 18.3. The summed E-state index contributed by atoms with van der Waals surface area (Å²) in [5.74, 6) is -0.459. The number of non-ortho nitro benzene ring substituents is 1. The van der Waals surface area contributed by atoms with Crippen LogP contribution in [0.1, 0.15) is 17.0 Å². The first-order valence-electron chi connectivity index (χ1n) is 12.9. The second kappa shape index (κ2) is 11.8. The monoisotopic (exact) mass is 613 g/mol. The Balaban J connectivity index is 1.42. The molecule has 222 valence electrons. The number of methoxy groups -OCH3 is 1. The van der Waals surface area contributed by atoms with Gasteiger partial charge in [0.15, 0.2) is 5.11 Å². The Bertz CT molecular complexity index is 1880. The lowest BCUT2D eigenvalue weighted by Crippen LogP contribution is -2.54. The molecule has 0 spiro atoms. The number of hydrogen-bond acceptors (Lipinski definition) is 9.